The van der Waals surface area contributed by atoms with Crippen LogP contribution in [0, 0.1) is 6.92 Å². The Balaban J connectivity index is 1.51. The first-order valence-electron chi connectivity index (χ1n) is 10.2. The molecule has 3 aromatic rings. The molecule has 1 saturated heterocycles. The molecule has 1 atom stereocenters. The molecule has 2 heterocycles. The predicted molar refractivity (Wildman–Crippen MR) is 116 cm³/mol. The third-order valence-corrected chi connectivity index (χ3v) is 5.65. The molecule has 0 aliphatic carbocycles. The van der Waals surface area contributed by atoms with Gasteiger partial charge in [0.05, 0.1) is 20.3 Å². The van der Waals surface area contributed by atoms with Crippen LogP contribution in [0.15, 0.2) is 51.7 Å². The smallest absolute Gasteiger partial charge is 0.336 e. The standard InChI is InChI=1S/C24H25NO6/c1-15-11-24(27)31-22-13-17(6-8-18(15)22)30-14-23(26)25-10-4-5-20(25)19-12-16(28-2)7-9-21(19)29-3/h6-9,11-13,20H,4-5,10,14H2,1-3H3/t20-/m1/s1. The summed E-state index contributed by atoms with van der Waals surface area (Å²) in [6.45, 7) is 2.40. The number of ether oxygens (including phenoxy) is 3. The van der Waals surface area contributed by atoms with Crippen LogP contribution in [0.5, 0.6) is 17.2 Å². The zero-order chi connectivity index (χ0) is 22.0. The Morgan fingerprint density at radius 2 is 1.90 bits per heavy atom. The second-order valence-electron chi connectivity index (χ2n) is 7.55. The Hall–Kier alpha value is -3.48. The molecule has 0 spiro atoms. The van der Waals surface area contributed by atoms with Gasteiger partial charge in [0.15, 0.2) is 6.61 Å². The number of nitrogens with zero attached hydrogens (tertiary/aromatic N) is 1. The van der Waals surface area contributed by atoms with E-state index in [1.165, 1.54) is 6.07 Å². The van der Waals surface area contributed by atoms with Crippen molar-refractivity contribution >= 4 is 16.9 Å². The lowest BCUT2D eigenvalue weighted by Gasteiger charge is -2.26. The quantitative estimate of drug-likeness (QED) is 0.560. The van der Waals surface area contributed by atoms with Crippen molar-refractivity contribution in [3.8, 4) is 17.2 Å². The average molecular weight is 423 g/mol. The Morgan fingerprint density at radius 3 is 2.68 bits per heavy atom. The lowest BCUT2D eigenvalue weighted by atomic mass is 10.0. The first kappa shape index (κ1) is 20.8. The first-order chi connectivity index (χ1) is 15.0. The molecular weight excluding hydrogens is 398 g/mol. The molecule has 1 amide bonds. The van der Waals surface area contributed by atoms with Gasteiger partial charge in [-0.3, -0.25) is 4.79 Å². The van der Waals surface area contributed by atoms with Crippen molar-refractivity contribution in [1.29, 1.82) is 0 Å². The third-order valence-electron chi connectivity index (χ3n) is 5.65. The topological polar surface area (TPSA) is 78.2 Å². The Labute approximate surface area is 180 Å². The van der Waals surface area contributed by atoms with Gasteiger partial charge in [0, 0.05) is 29.6 Å². The molecule has 7 nitrogen and oxygen atoms in total. The fourth-order valence-electron chi connectivity index (χ4n) is 4.11. The first-order valence-corrected chi connectivity index (χ1v) is 10.2. The molecular formula is C24H25NO6. The van der Waals surface area contributed by atoms with E-state index in [-0.39, 0.29) is 18.6 Å². The van der Waals surface area contributed by atoms with Crippen LogP contribution in [0.3, 0.4) is 0 Å². The molecule has 0 N–H and O–H groups in total. The van der Waals surface area contributed by atoms with E-state index in [0.29, 0.717) is 17.9 Å². The fourth-order valence-corrected chi connectivity index (χ4v) is 4.11. The second-order valence-corrected chi connectivity index (χ2v) is 7.55. The number of rotatable bonds is 6. The van der Waals surface area contributed by atoms with Gasteiger partial charge in [-0.25, -0.2) is 4.79 Å². The number of likely N-dealkylation sites (tertiary alicyclic amines) is 1. The molecule has 1 fully saturated rings. The minimum atomic E-state index is -0.412. The van der Waals surface area contributed by atoms with E-state index < -0.39 is 5.63 Å². The molecule has 4 rings (SSSR count). The summed E-state index contributed by atoms with van der Waals surface area (Å²) in [6, 6.07) is 12.2. The van der Waals surface area contributed by atoms with Crippen molar-refractivity contribution < 1.29 is 23.4 Å². The summed E-state index contributed by atoms with van der Waals surface area (Å²) < 4.78 is 21.9. The van der Waals surface area contributed by atoms with Gasteiger partial charge in [-0.2, -0.15) is 0 Å². The van der Waals surface area contributed by atoms with Crippen LogP contribution in [-0.2, 0) is 4.79 Å². The number of amides is 1. The van der Waals surface area contributed by atoms with Crippen LogP contribution in [0.4, 0.5) is 0 Å². The third kappa shape index (κ3) is 4.21. The number of benzene rings is 2. The molecule has 1 aliphatic rings. The van der Waals surface area contributed by atoms with Crippen LogP contribution in [0.25, 0.3) is 11.0 Å². The lowest BCUT2D eigenvalue weighted by Crippen LogP contribution is -2.34. The molecule has 162 valence electrons. The summed E-state index contributed by atoms with van der Waals surface area (Å²) in [7, 11) is 3.24. The monoisotopic (exact) mass is 423 g/mol. The summed E-state index contributed by atoms with van der Waals surface area (Å²) in [6.07, 6.45) is 1.74. The number of carbonyl (C=O) groups is 1. The fraction of sp³-hybridized carbons (Fsp3) is 0.333. The van der Waals surface area contributed by atoms with E-state index in [1.807, 2.05) is 36.1 Å². The lowest BCUT2D eigenvalue weighted by molar-refractivity contribution is -0.134. The van der Waals surface area contributed by atoms with Gasteiger partial charge >= 0.3 is 5.63 Å². The van der Waals surface area contributed by atoms with Crippen molar-refractivity contribution in [1.82, 2.24) is 4.90 Å². The molecule has 0 radical (unpaired) electrons. The molecule has 0 saturated carbocycles. The van der Waals surface area contributed by atoms with Gasteiger partial charge in [0.25, 0.3) is 5.91 Å². The van der Waals surface area contributed by atoms with E-state index >= 15 is 0 Å². The maximum Gasteiger partial charge on any atom is 0.336 e. The zero-order valence-corrected chi connectivity index (χ0v) is 17.8. The van der Waals surface area contributed by atoms with Crippen molar-refractivity contribution in [3.63, 3.8) is 0 Å². The Kier molecular flexibility index (Phi) is 5.84. The van der Waals surface area contributed by atoms with Gasteiger partial charge in [-0.1, -0.05) is 0 Å². The van der Waals surface area contributed by atoms with Crippen molar-refractivity contribution in [3.05, 3.63) is 64.0 Å². The van der Waals surface area contributed by atoms with Gasteiger partial charge < -0.3 is 23.5 Å². The van der Waals surface area contributed by atoms with Gasteiger partial charge in [-0.15, -0.1) is 0 Å². The van der Waals surface area contributed by atoms with Crippen LogP contribution in [0.2, 0.25) is 0 Å². The summed E-state index contributed by atoms with van der Waals surface area (Å²) in [5.41, 5.74) is 1.79. The summed E-state index contributed by atoms with van der Waals surface area (Å²) in [5, 5.41) is 0.836. The highest BCUT2D eigenvalue weighted by Crippen LogP contribution is 2.39. The molecule has 31 heavy (non-hydrogen) atoms. The highest BCUT2D eigenvalue weighted by Gasteiger charge is 2.32. The number of carbonyl (C=O) groups excluding carboxylic acids is 1. The van der Waals surface area contributed by atoms with E-state index in [1.54, 1.807) is 26.4 Å². The summed E-state index contributed by atoms with van der Waals surface area (Å²) in [4.78, 5) is 26.4. The highest BCUT2D eigenvalue weighted by atomic mass is 16.5. The van der Waals surface area contributed by atoms with Crippen molar-refractivity contribution in [2.75, 3.05) is 27.4 Å². The van der Waals surface area contributed by atoms with Crippen molar-refractivity contribution in [2.24, 2.45) is 0 Å². The number of methoxy groups -OCH3 is 2. The largest absolute Gasteiger partial charge is 0.497 e. The van der Waals surface area contributed by atoms with E-state index in [4.69, 9.17) is 18.6 Å². The predicted octanol–water partition coefficient (Wildman–Crippen LogP) is 3.86. The van der Waals surface area contributed by atoms with E-state index in [0.717, 1.165) is 40.9 Å². The number of aryl methyl sites for hydroxylation is 1. The highest BCUT2D eigenvalue weighted by molar-refractivity contribution is 5.82. The number of hydrogen-bond acceptors (Lipinski definition) is 6. The van der Waals surface area contributed by atoms with E-state index in [2.05, 4.69) is 0 Å². The molecule has 7 heteroatoms. The van der Waals surface area contributed by atoms with Crippen LogP contribution < -0.4 is 19.8 Å². The maximum atomic E-state index is 13.0. The van der Waals surface area contributed by atoms with Crippen LogP contribution in [-0.4, -0.2) is 38.2 Å². The second kappa shape index (κ2) is 8.71. The maximum absolute atomic E-state index is 13.0. The van der Waals surface area contributed by atoms with Gasteiger partial charge in [0.1, 0.15) is 22.8 Å². The van der Waals surface area contributed by atoms with Gasteiger partial charge in [0.2, 0.25) is 0 Å². The molecule has 0 bridgehead atoms. The Bertz CT molecular complexity index is 1170. The Morgan fingerprint density at radius 1 is 1.10 bits per heavy atom. The van der Waals surface area contributed by atoms with E-state index in [9.17, 15) is 9.59 Å². The minimum absolute atomic E-state index is 0.0987. The summed E-state index contributed by atoms with van der Waals surface area (Å²) >= 11 is 0. The van der Waals surface area contributed by atoms with Crippen LogP contribution >= 0.6 is 0 Å². The minimum Gasteiger partial charge on any atom is -0.497 e. The summed E-state index contributed by atoms with van der Waals surface area (Å²) in [5.74, 6) is 1.81. The molecule has 2 aromatic carbocycles. The van der Waals surface area contributed by atoms with Gasteiger partial charge in [-0.05, 0) is 55.7 Å². The van der Waals surface area contributed by atoms with Crippen LogP contribution in [0.1, 0.15) is 30.0 Å². The molecule has 1 aliphatic heterocycles. The SMILES string of the molecule is COc1ccc(OC)c([C@H]2CCCN2C(=O)COc2ccc3c(C)cc(=O)oc3c2)c1. The normalized spacial score (nSPS) is 15.8. The number of fused-ring (bicyclic) bond motifs is 1. The molecule has 1 aromatic heterocycles. The molecule has 0 unspecified atom stereocenters. The van der Waals surface area contributed by atoms with Crippen molar-refractivity contribution in [2.45, 2.75) is 25.8 Å². The zero-order valence-electron chi connectivity index (χ0n) is 17.8. The number of hydrogen-bond donors (Lipinski definition) is 0. The average Bonchev–Trinajstić information content (AvgIpc) is 3.26.